The Morgan fingerprint density at radius 3 is 2.90 bits per heavy atom. The maximum atomic E-state index is 11.0. The van der Waals surface area contributed by atoms with Gasteiger partial charge in [0.2, 0.25) is 0 Å². The van der Waals surface area contributed by atoms with Gasteiger partial charge in [-0.1, -0.05) is 31.9 Å². The number of fused-ring (bicyclic) bond motifs is 1. The average Bonchev–Trinajstić information content (AvgIpc) is 2.72. The first-order chi connectivity index (χ1) is 10.1. The molecule has 0 spiro atoms. The van der Waals surface area contributed by atoms with Gasteiger partial charge in [0.1, 0.15) is 5.82 Å². The van der Waals surface area contributed by atoms with Gasteiger partial charge in [0, 0.05) is 13.0 Å². The zero-order chi connectivity index (χ0) is 14.9. The number of aliphatic hydroxyl groups is 1. The lowest BCUT2D eigenvalue weighted by Crippen LogP contribution is -2.32. The lowest BCUT2D eigenvalue weighted by atomic mass is 9.90. The summed E-state index contributed by atoms with van der Waals surface area (Å²) in [6.45, 7) is 5.35. The summed E-state index contributed by atoms with van der Waals surface area (Å²) in [4.78, 5) is 4.78. The summed E-state index contributed by atoms with van der Waals surface area (Å²) < 4.78 is 2.25. The topological polar surface area (TPSA) is 38.0 Å². The average molecular weight is 286 g/mol. The molecule has 1 N–H and O–H groups in total. The number of nitrogens with zero attached hydrogens (tertiary/aromatic N) is 2. The van der Waals surface area contributed by atoms with Gasteiger partial charge in [-0.25, -0.2) is 4.98 Å². The Morgan fingerprint density at radius 1 is 1.29 bits per heavy atom. The molecule has 1 heterocycles. The van der Waals surface area contributed by atoms with Crippen LogP contribution in [0.1, 0.15) is 51.8 Å². The highest BCUT2D eigenvalue weighted by molar-refractivity contribution is 5.75. The molecule has 1 aliphatic carbocycles. The number of imidazole rings is 1. The highest BCUT2D eigenvalue weighted by atomic mass is 16.3. The lowest BCUT2D eigenvalue weighted by molar-refractivity contribution is 0.0219. The van der Waals surface area contributed by atoms with Crippen molar-refractivity contribution in [3.8, 4) is 0 Å². The summed E-state index contributed by atoms with van der Waals surface area (Å²) in [5.74, 6) is 1.78. The predicted molar refractivity (Wildman–Crippen MR) is 86.3 cm³/mol. The lowest BCUT2D eigenvalue weighted by Gasteiger charge is -2.26. The van der Waals surface area contributed by atoms with E-state index in [9.17, 15) is 5.11 Å². The van der Waals surface area contributed by atoms with Gasteiger partial charge >= 0.3 is 0 Å². The third-order valence-electron chi connectivity index (χ3n) is 4.98. The van der Waals surface area contributed by atoms with Crippen molar-refractivity contribution in [1.82, 2.24) is 9.55 Å². The normalized spacial score (nSPS) is 26.9. The summed E-state index contributed by atoms with van der Waals surface area (Å²) in [6, 6.07) is 8.27. The van der Waals surface area contributed by atoms with E-state index in [0.29, 0.717) is 6.42 Å². The van der Waals surface area contributed by atoms with Crippen LogP contribution in [0.2, 0.25) is 0 Å². The van der Waals surface area contributed by atoms with Crippen LogP contribution in [0.4, 0.5) is 0 Å². The molecule has 0 saturated heterocycles. The van der Waals surface area contributed by atoms with Crippen molar-refractivity contribution in [3.05, 3.63) is 30.1 Å². The van der Waals surface area contributed by atoms with E-state index in [4.69, 9.17) is 4.98 Å². The van der Waals surface area contributed by atoms with E-state index in [0.717, 1.165) is 49.5 Å². The number of aryl methyl sites for hydroxylation is 1. The second kappa shape index (κ2) is 5.80. The van der Waals surface area contributed by atoms with Crippen LogP contribution in [-0.2, 0) is 13.0 Å². The van der Waals surface area contributed by atoms with E-state index in [1.165, 1.54) is 11.9 Å². The summed E-state index contributed by atoms with van der Waals surface area (Å²) >= 11 is 0. The van der Waals surface area contributed by atoms with E-state index < -0.39 is 5.60 Å². The molecule has 1 aromatic heterocycles. The molecule has 114 valence electrons. The summed E-state index contributed by atoms with van der Waals surface area (Å²) in [5, 5.41) is 11.0. The standard InChI is InChI=1S/C18H26N2O/c1-3-20-16-9-5-4-8-15(16)19-17(20)13-18(21)11-6-7-14(2)10-12-18/h4-5,8-9,14,21H,3,6-7,10-13H2,1-2H3. The molecule has 0 amide bonds. The minimum Gasteiger partial charge on any atom is -0.389 e. The molecule has 2 unspecified atom stereocenters. The summed E-state index contributed by atoms with van der Waals surface area (Å²) in [5.41, 5.74) is 1.65. The highest BCUT2D eigenvalue weighted by Gasteiger charge is 2.31. The molecule has 21 heavy (non-hydrogen) atoms. The highest BCUT2D eigenvalue weighted by Crippen LogP contribution is 2.33. The van der Waals surface area contributed by atoms with Crippen molar-refractivity contribution in [1.29, 1.82) is 0 Å². The fourth-order valence-electron chi connectivity index (χ4n) is 3.65. The number of para-hydroxylation sites is 2. The maximum absolute atomic E-state index is 11.0. The number of hydrogen-bond donors (Lipinski definition) is 1. The van der Waals surface area contributed by atoms with E-state index >= 15 is 0 Å². The van der Waals surface area contributed by atoms with E-state index in [-0.39, 0.29) is 0 Å². The smallest absolute Gasteiger partial charge is 0.112 e. The Bertz CT molecular complexity index is 619. The van der Waals surface area contributed by atoms with Crippen molar-refractivity contribution >= 4 is 11.0 Å². The number of hydrogen-bond acceptors (Lipinski definition) is 2. The maximum Gasteiger partial charge on any atom is 0.112 e. The van der Waals surface area contributed by atoms with Crippen molar-refractivity contribution in [2.24, 2.45) is 5.92 Å². The van der Waals surface area contributed by atoms with Crippen molar-refractivity contribution in [2.45, 2.75) is 64.5 Å². The second-order valence-corrected chi connectivity index (χ2v) is 6.70. The Kier molecular flexibility index (Phi) is 4.03. The molecule has 2 atom stereocenters. The molecule has 3 rings (SSSR count). The Labute approximate surface area is 127 Å². The first kappa shape index (κ1) is 14.6. The molecule has 3 nitrogen and oxygen atoms in total. The van der Waals surface area contributed by atoms with Crippen molar-refractivity contribution in [3.63, 3.8) is 0 Å². The van der Waals surface area contributed by atoms with Crippen LogP contribution in [-0.4, -0.2) is 20.3 Å². The van der Waals surface area contributed by atoms with Gasteiger partial charge in [0.25, 0.3) is 0 Å². The second-order valence-electron chi connectivity index (χ2n) is 6.70. The van der Waals surface area contributed by atoms with Gasteiger partial charge in [-0.05, 0) is 44.2 Å². The fraction of sp³-hybridized carbons (Fsp3) is 0.611. The van der Waals surface area contributed by atoms with E-state index in [1.807, 2.05) is 6.07 Å². The third-order valence-corrected chi connectivity index (χ3v) is 4.98. The molecule has 0 bridgehead atoms. The fourth-order valence-corrected chi connectivity index (χ4v) is 3.65. The Hall–Kier alpha value is -1.35. The molecular formula is C18H26N2O. The van der Waals surface area contributed by atoms with Crippen molar-refractivity contribution in [2.75, 3.05) is 0 Å². The van der Waals surface area contributed by atoms with Gasteiger partial charge in [-0.3, -0.25) is 0 Å². The summed E-state index contributed by atoms with van der Waals surface area (Å²) in [7, 11) is 0. The molecule has 2 aromatic rings. The van der Waals surface area contributed by atoms with Crippen LogP contribution in [0, 0.1) is 5.92 Å². The number of aromatic nitrogens is 2. The molecule has 1 aliphatic rings. The first-order valence-corrected chi connectivity index (χ1v) is 8.28. The van der Waals surface area contributed by atoms with Gasteiger partial charge in [0.05, 0.1) is 16.6 Å². The first-order valence-electron chi connectivity index (χ1n) is 8.28. The molecule has 1 fully saturated rings. The third kappa shape index (κ3) is 2.98. The van der Waals surface area contributed by atoms with Crippen LogP contribution in [0.15, 0.2) is 24.3 Å². The SMILES string of the molecule is CCn1c(CC2(O)CCCC(C)CC2)nc2ccccc21. The molecule has 3 heteroatoms. The van der Waals surface area contributed by atoms with Crippen LogP contribution < -0.4 is 0 Å². The number of rotatable bonds is 3. The summed E-state index contributed by atoms with van der Waals surface area (Å²) in [6.07, 6.45) is 5.99. The minimum absolute atomic E-state index is 0.570. The zero-order valence-electron chi connectivity index (χ0n) is 13.2. The number of benzene rings is 1. The van der Waals surface area contributed by atoms with Crippen LogP contribution >= 0.6 is 0 Å². The zero-order valence-corrected chi connectivity index (χ0v) is 13.2. The monoisotopic (exact) mass is 286 g/mol. The molecule has 1 saturated carbocycles. The Morgan fingerprint density at radius 2 is 2.10 bits per heavy atom. The minimum atomic E-state index is -0.570. The van der Waals surface area contributed by atoms with Crippen LogP contribution in [0.25, 0.3) is 11.0 Å². The quantitative estimate of drug-likeness (QED) is 0.868. The van der Waals surface area contributed by atoms with Gasteiger partial charge < -0.3 is 9.67 Å². The molecular weight excluding hydrogens is 260 g/mol. The molecule has 0 aliphatic heterocycles. The molecule has 1 aromatic carbocycles. The van der Waals surface area contributed by atoms with Gasteiger partial charge in [-0.2, -0.15) is 0 Å². The van der Waals surface area contributed by atoms with Crippen LogP contribution in [0.3, 0.4) is 0 Å². The predicted octanol–water partition coefficient (Wildman–Crippen LogP) is 3.93. The van der Waals surface area contributed by atoms with E-state index in [1.54, 1.807) is 0 Å². The largest absolute Gasteiger partial charge is 0.389 e. The van der Waals surface area contributed by atoms with Gasteiger partial charge in [0.15, 0.2) is 0 Å². The van der Waals surface area contributed by atoms with Gasteiger partial charge in [-0.15, -0.1) is 0 Å². The van der Waals surface area contributed by atoms with E-state index in [2.05, 4.69) is 36.6 Å². The van der Waals surface area contributed by atoms with Crippen LogP contribution in [0.5, 0.6) is 0 Å². The van der Waals surface area contributed by atoms with Crippen molar-refractivity contribution < 1.29 is 5.11 Å². The molecule has 0 radical (unpaired) electrons. The Balaban J connectivity index is 1.90.